The van der Waals surface area contributed by atoms with Crippen molar-refractivity contribution in [2.75, 3.05) is 32.7 Å². The average Bonchev–Trinajstić information content (AvgIpc) is 3.35. The van der Waals surface area contributed by atoms with Crippen LogP contribution in [0.15, 0.2) is 30.3 Å². The molecule has 0 spiro atoms. The molecular weight excluding hydrogens is 989 g/mol. The Morgan fingerprint density at radius 3 is 1.45 bits per heavy atom. The van der Waals surface area contributed by atoms with Crippen molar-refractivity contribution < 1.29 is 58.2 Å². The zero-order valence-electron chi connectivity index (χ0n) is 44.9. The van der Waals surface area contributed by atoms with Crippen LogP contribution in [0.3, 0.4) is 0 Å². The summed E-state index contributed by atoms with van der Waals surface area (Å²) in [5.74, 6) is -9.68. The Labute approximate surface area is 445 Å². The van der Waals surface area contributed by atoms with E-state index in [2.05, 4.69) is 53.2 Å². The molecule has 10 amide bonds. The lowest BCUT2D eigenvalue weighted by Crippen LogP contribution is -2.61. The monoisotopic (exact) mass is 1070 g/mol. The molecule has 26 nitrogen and oxygen atoms in total. The fraction of sp³-hybridized carbons (Fsp3) is 0.680. The molecule has 0 aliphatic carbocycles. The molecule has 1 aliphatic rings. The van der Waals surface area contributed by atoms with Crippen LogP contribution in [0.25, 0.3) is 0 Å². The van der Waals surface area contributed by atoms with Gasteiger partial charge in [-0.3, -0.25) is 47.9 Å². The first-order chi connectivity index (χ1) is 35.9. The minimum atomic E-state index is -1.66. The molecule has 1 heterocycles. The van der Waals surface area contributed by atoms with Crippen LogP contribution >= 0.6 is 0 Å². The predicted molar refractivity (Wildman–Crippen MR) is 281 cm³/mol. The molecule has 0 radical (unpaired) electrons. The molecule has 1 aromatic carbocycles. The van der Waals surface area contributed by atoms with Gasteiger partial charge in [-0.05, 0) is 109 Å². The van der Waals surface area contributed by atoms with Gasteiger partial charge in [0.05, 0.1) is 18.1 Å². The molecule has 12 atom stereocenters. The zero-order chi connectivity index (χ0) is 57.2. The van der Waals surface area contributed by atoms with Crippen molar-refractivity contribution in [2.45, 2.75) is 172 Å². The molecule has 12 unspecified atom stereocenters. The van der Waals surface area contributed by atoms with E-state index in [0.29, 0.717) is 12.0 Å². The predicted octanol–water partition coefficient (Wildman–Crippen LogP) is -4.69. The maximum absolute atomic E-state index is 14.4. The number of carbonyl (C=O) groups excluding carboxylic acids is 10. The summed E-state index contributed by atoms with van der Waals surface area (Å²) in [5, 5.41) is 47.1. The molecule has 1 aliphatic heterocycles. The van der Waals surface area contributed by atoms with Crippen molar-refractivity contribution in [3.05, 3.63) is 35.9 Å². The quantitative estimate of drug-likeness (QED) is 0.0519. The number of aliphatic hydroxyl groups is 2. The summed E-state index contributed by atoms with van der Waals surface area (Å²) in [7, 11) is 0. The first-order valence-electron chi connectivity index (χ1n) is 26.1. The van der Waals surface area contributed by atoms with Crippen molar-refractivity contribution in [1.29, 1.82) is 0 Å². The van der Waals surface area contributed by atoms with E-state index in [0.717, 1.165) is 0 Å². The van der Waals surface area contributed by atoms with Crippen molar-refractivity contribution >= 4 is 59.1 Å². The summed E-state index contributed by atoms with van der Waals surface area (Å²) < 4.78 is 0. The van der Waals surface area contributed by atoms with E-state index >= 15 is 0 Å². The molecule has 1 fully saturated rings. The number of carbonyl (C=O) groups is 10. The van der Waals surface area contributed by atoms with E-state index in [1.54, 1.807) is 65.0 Å². The molecular formula is C50H86N14O12. The number of nitrogens with two attached hydrogens (primary N) is 4. The average molecular weight is 1080 g/mol. The highest BCUT2D eigenvalue weighted by Gasteiger charge is 2.37. The number of nitrogens with one attached hydrogen (secondary N) is 10. The second-order valence-electron chi connectivity index (χ2n) is 19.9. The van der Waals surface area contributed by atoms with Gasteiger partial charge in [0, 0.05) is 6.54 Å². The summed E-state index contributed by atoms with van der Waals surface area (Å²) >= 11 is 0. The van der Waals surface area contributed by atoms with E-state index in [1.807, 2.05) is 0 Å². The fourth-order valence-corrected chi connectivity index (χ4v) is 8.34. The first-order valence-corrected chi connectivity index (χ1v) is 26.1. The SMILES string of the molecule is CCC(C(=O)NC(C(=O)NC(CCN)C(=O)NC1CCNC(=O)C(C(C)O)NC(=O)C(CCN)NC(=O)C(CCN)NC(=O)C(CC(C)C)NC(=O)C(CC(C)C)NC(=O)C(CCN)NC1=O)C(C)O)c1ccccc1. The normalized spacial score (nSPS) is 23.9. The summed E-state index contributed by atoms with van der Waals surface area (Å²) in [4.78, 5) is 139. The van der Waals surface area contributed by atoms with Crippen LogP contribution in [0.1, 0.15) is 111 Å². The van der Waals surface area contributed by atoms with Crippen LogP contribution in [0.2, 0.25) is 0 Å². The third-order valence-corrected chi connectivity index (χ3v) is 12.5. The van der Waals surface area contributed by atoms with Gasteiger partial charge in [0.15, 0.2) is 0 Å². The maximum Gasteiger partial charge on any atom is 0.245 e. The lowest BCUT2D eigenvalue weighted by molar-refractivity contribution is -0.136. The van der Waals surface area contributed by atoms with E-state index < -0.39 is 145 Å². The molecule has 1 aromatic rings. The van der Waals surface area contributed by atoms with Crippen LogP contribution < -0.4 is 76.1 Å². The van der Waals surface area contributed by atoms with Gasteiger partial charge in [0.2, 0.25) is 59.1 Å². The van der Waals surface area contributed by atoms with Crippen LogP contribution in [-0.2, 0) is 47.9 Å². The van der Waals surface area contributed by atoms with E-state index in [1.165, 1.54) is 13.8 Å². The zero-order valence-corrected chi connectivity index (χ0v) is 44.9. The smallest absolute Gasteiger partial charge is 0.245 e. The Kier molecular flexibility index (Phi) is 29.1. The Balaban J connectivity index is 2.67. The van der Waals surface area contributed by atoms with Gasteiger partial charge in [-0.1, -0.05) is 65.0 Å². The number of rotatable bonds is 22. The Morgan fingerprint density at radius 2 is 1.03 bits per heavy atom. The number of benzene rings is 1. The van der Waals surface area contributed by atoms with Crippen molar-refractivity contribution in [3.63, 3.8) is 0 Å². The number of hydrogen-bond acceptors (Lipinski definition) is 16. The summed E-state index contributed by atoms with van der Waals surface area (Å²) in [5.41, 5.74) is 24.1. The largest absolute Gasteiger partial charge is 0.391 e. The minimum Gasteiger partial charge on any atom is -0.391 e. The standard InChI is InChI=1S/C50H86N14O12/c1-8-31(30-12-10-9-11-13-30)41(67)63-40(29(7)66)50(76)60-34(16-21-53)43(69)59-36-18-23-55-49(75)39(28(6)65)64-46(72)35(17-22-54)57-42(68)32(14-19-51)58-47(73)37(24-26(2)3)62-48(74)38(25-27(4)5)61-44(70)33(15-20-52)56-45(36)71/h9-13,26-29,31-40,65-66H,8,14-25,51-54H2,1-7H3,(H,55,75)(H,56,71)(H,57,68)(H,58,73)(H,59,69)(H,60,76)(H,61,70)(H,62,74)(H,63,67)(H,64,72). The third kappa shape index (κ3) is 21.7. The number of amides is 10. The minimum absolute atomic E-state index is 0.0611. The van der Waals surface area contributed by atoms with Crippen LogP contribution in [-0.4, -0.2) is 169 Å². The summed E-state index contributed by atoms with van der Waals surface area (Å²) in [6, 6.07) is -4.18. The van der Waals surface area contributed by atoms with Gasteiger partial charge >= 0.3 is 0 Å². The van der Waals surface area contributed by atoms with Crippen LogP contribution in [0.4, 0.5) is 0 Å². The highest BCUT2D eigenvalue weighted by Crippen LogP contribution is 2.20. The fourth-order valence-electron chi connectivity index (χ4n) is 8.34. The molecule has 76 heavy (non-hydrogen) atoms. The summed E-state index contributed by atoms with van der Waals surface area (Å²) in [6.07, 6.45) is -3.56. The van der Waals surface area contributed by atoms with Crippen molar-refractivity contribution in [2.24, 2.45) is 34.8 Å². The molecule has 0 aromatic heterocycles. The Hall–Kier alpha value is -6.32. The highest BCUT2D eigenvalue weighted by molar-refractivity contribution is 5.99. The van der Waals surface area contributed by atoms with Crippen LogP contribution in [0, 0.1) is 11.8 Å². The van der Waals surface area contributed by atoms with Gasteiger partial charge in [0.25, 0.3) is 0 Å². The molecule has 0 bridgehead atoms. The molecule has 0 saturated carbocycles. The first kappa shape index (κ1) is 65.8. The van der Waals surface area contributed by atoms with Crippen LogP contribution in [0.5, 0.6) is 0 Å². The molecule has 26 heteroatoms. The molecule has 1 saturated heterocycles. The third-order valence-electron chi connectivity index (χ3n) is 12.5. The van der Waals surface area contributed by atoms with Gasteiger partial charge in [-0.15, -0.1) is 0 Å². The molecule has 428 valence electrons. The Bertz CT molecular complexity index is 2080. The van der Waals surface area contributed by atoms with Gasteiger partial charge in [0.1, 0.15) is 54.4 Å². The second kappa shape index (κ2) is 33.7. The van der Waals surface area contributed by atoms with E-state index in [-0.39, 0.29) is 76.5 Å². The highest BCUT2D eigenvalue weighted by atomic mass is 16.3. The summed E-state index contributed by atoms with van der Waals surface area (Å²) in [6.45, 7) is 10.5. The van der Waals surface area contributed by atoms with Gasteiger partial charge in [-0.2, -0.15) is 0 Å². The van der Waals surface area contributed by atoms with Crippen molar-refractivity contribution in [3.8, 4) is 0 Å². The second-order valence-corrected chi connectivity index (χ2v) is 19.9. The number of aliphatic hydroxyl groups excluding tert-OH is 2. The number of hydrogen-bond donors (Lipinski definition) is 16. The lowest BCUT2D eigenvalue weighted by Gasteiger charge is -2.29. The van der Waals surface area contributed by atoms with Crippen molar-refractivity contribution in [1.82, 2.24) is 53.2 Å². The molecule has 2 rings (SSSR count). The lowest BCUT2D eigenvalue weighted by atomic mass is 9.95. The van der Waals surface area contributed by atoms with E-state index in [4.69, 9.17) is 22.9 Å². The maximum atomic E-state index is 14.4. The Morgan fingerprint density at radius 1 is 0.579 bits per heavy atom. The topological polar surface area (TPSA) is 436 Å². The van der Waals surface area contributed by atoms with Gasteiger partial charge in [-0.25, -0.2) is 0 Å². The molecule has 20 N–H and O–H groups in total. The van der Waals surface area contributed by atoms with Gasteiger partial charge < -0.3 is 86.3 Å². The van der Waals surface area contributed by atoms with E-state index in [9.17, 15) is 58.2 Å².